The van der Waals surface area contributed by atoms with Crippen LogP contribution in [0, 0.1) is 12.7 Å². The zero-order chi connectivity index (χ0) is 41.5. The largest absolute Gasteiger partial charge is 0.497 e. The van der Waals surface area contributed by atoms with Crippen LogP contribution in [0.3, 0.4) is 0 Å². The summed E-state index contributed by atoms with van der Waals surface area (Å²) in [7, 11) is 1.57. The van der Waals surface area contributed by atoms with Crippen molar-refractivity contribution in [1.29, 1.82) is 0 Å². The highest BCUT2D eigenvalue weighted by Gasteiger charge is 2.39. The Morgan fingerprint density at radius 1 is 1.07 bits per heavy atom. The Bertz CT molecular complexity index is 2340. The Morgan fingerprint density at radius 2 is 1.84 bits per heavy atom. The van der Waals surface area contributed by atoms with Crippen LogP contribution in [0.15, 0.2) is 65.4 Å². The summed E-state index contributed by atoms with van der Waals surface area (Å²) in [6.45, 7) is 4.70. The molecule has 2 aromatic heterocycles. The Kier molecular flexibility index (Phi) is 12.7. The van der Waals surface area contributed by atoms with Gasteiger partial charge in [0.1, 0.15) is 34.7 Å². The van der Waals surface area contributed by atoms with Crippen LogP contribution in [0.2, 0.25) is 0 Å². The van der Waals surface area contributed by atoms with Crippen molar-refractivity contribution in [2.45, 2.75) is 52.5 Å². The van der Waals surface area contributed by atoms with E-state index in [9.17, 15) is 23.6 Å². The van der Waals surface area contributed by atoms with Gasteiger partial charge >= 0.3 is 0 Å². The number of aromatic amines is 1. The van der Waals surface area contributed by atoms with Gasteiger partial charge in [0.05, 0.1) is 50.0 Å². The molecule has 0 radical (unpaired) electrons. The van der Waals surface area contributed by atoms with Crippen molar-refractivity contribution in [3.05, 3.63) is 101 Å². The second-order valence-electron chi connectivity index (χ2n) is 13.6. The second-order valence-corrected chi connectivity index (χ2v) is 13.6. The second kappa shape index (κ2) is 18.0. The van der Waals surface area contributed by atoms with E-state index >= 15 is 0 Å². The number of nitrogens with one attached hydrogen (secondary N) is 3. The van der Waals surface area contributed by atoms with Crippen molar-refractivity contribution < 1.29 is 52.1 Å². The molecule has 304 valence electrons. The van der Waals surface area contributed by atoms with Gasteiger partial charge in [0, 0.05) is 49.8 Å². The van der Waals surface area contributed by atoms with Crippen molar-refractivity contribution in [2.24, 2.45) is 0 Å². The van der Waals surface area contributed by atoms with Crippen molar-refractivity contribution in [3.8, 4) is 17.2 Å². The predicted octanol–water partition coefficient (Wildman–Crippen LogP) is 4.21. The van der Waals surface area contributed by atoms with Gasteiger partial charge in [0.25, 0.3) is 23.7 Å². The first kappa shape index (κ1) is 40.8. The van der Waals surface area contributed by atoms with Gasteiger partial charge in [0.2, 0.25) is 5.91 Å². The molecule has 4 amide bonds. The number of hydrogen-bond acceptors (Lipinski definition) is 11. The monoisotopic (exact) mass is 799 g/mol. The summed E-state index contributed by atoms with van der Waals surface area (Å²) in [6, 6.07) is 13.1. The lowest BCUT2D eigenvalue weighted by molar-refractivity contribution is -0.134. The van der Waals surface area contributed by atoms with Crippen molar-refractivity contribution in [3.63, 3.8) is 0 Å². The molecule has 4 heterocycles. The maximum absolute atomic E-state index is 15.0. The van der Waals surface area contributed by atoms with E-state index in [1.165, 1.54) is 46.5 Å². The Labute approximate surface area is 331 Å². The number of likely N-dealkylation sites (tertiary alicyclic amines) is 1. The fourth-order valence-corrected chi connectivity index (χ4v) is 6.57. The number of carbonyl (C=O) groups excluding carboxylic acids is 4. The van der Waals surface area contributed by atoms with Gasteiger partial charge in [-0.1, -0.05) is 6.92 Å². The zero-order valence-electron chi connectivity index (χ0n) is 32.2. The molecule has 1 fully saturated rings. The standard InChI is InChI=1S/C38H38FN7O8.C2H4O2/c1-4-7-45-18-34(47)44-31-16-46(38(50)35-21(2)53-20-41-35)17-32(31)52-19-22-8-25(39)13-27(9-22)54-28-11-23(10-24(12-28)37(45)49)36(48)40-15-33-42-29-6-5-26(51-3)14-30(29)43-33;1-2(3)4/h5-6,8-14,20,31-32H,4,7,15-19H2,1-3H3,(H,40,48)(H,42,43)(H,44,47);1H3,(H,3,4)/t31-,32-;/m1./s1. The molecule has 0 spiro atoms. The minimum absolute atomic E-state index is 0.0446. The summed E-state index contributed by atoms with van der Waals surface area (Å²) in [5.74, 6) is -1.65. The number of carboxylic acid groups (broad SMARTS) is 1. The molecule has 0 unspecified atom stereocenters. The lowest BCUT2D eigenvalue weighted by Crippen LogP contribution is -2.49. The molecule has 2 aliphatic rings. The van der Waals surface area contributed by atoms with E-state index in [4.69, 9.17) is 28.5 Å². The topological polar surface area (TPSA) is 219 Å². The van der Waals surface area contributed by atoms with E-state index in [-0.39, 0.29) is 73.6 Å². The number of nitrogens with zero attached hydrogens (tertiary/aromatic N) is 4. The molecule has 0 saturated carbocycles. The molecule has 1 saturated heterocycles. The maximum Gasteiger partial charge on any atom is 0.300 e. The van der Waals surface area contributed by atoms with Crippen LogP contribution in [0.25, 0.3) is 11.0 Å². The number of imidazole rings is 1. The van der Waals surface area contributed by atoms with E-state index < -0.39 is 41.7 Å². The molecule has 58 heavy (non-hydrogen) atoms. The quantitative estimate of drug-likeness (QED) is 0.182. The van der Waals surface area contributed by atoms with Gasteiger partial charge in [-0.15, -0.1) is 0 Å². The first-order chi connectivity index (χ1) is 27.8. The number of aromatic nitrogens is 3. The number of methoxy groups -OCH3 is 1. The van der Waals surface area contributed by atoms with Crippen molar-refractivity contribution in [1.82, 2.24) is 35.4 Å². The van der Waals surface area contributed by atoms with Gasteiger partial charge in [-0.3, -0.25) is 24.0 Å². The molecule has 5 aromatic rings. The molecule has 0 aliphatic carbocycles. The molecule has 3 aromatic carbocycles. The molecular formula is C40H42FN7O10. The zero-order valence-corrected chi connectivity index (χ0v) is 32.2. The molecule has 17 nitrogen and oxygen atoms in total. The highest BCUT2D eigenvalue weighted by Crippen LogP contribution is 2.29. The number of fused-ring (bicyclic) bond motifs is 6. The SMILES string of the molecule is CC(=O)O.CCCN1CC(=O)N[C@@H]2CN(C(=O)c3ncoc3C)C[C@H]2OCc2cc(F)cc(c2)Oc2cc(C(=O)NCc3nc4ccc(OC)cc4[nH]3)cc(c2)C1=O. The number of halogens is 1. The van der Waals surface area contributed by atoms with E-state index in [0.29, 0.717) is 34.8 Å². The van der Waals surface area contributed by atoms with Gasteiger partial charge in [-0.25, -0.2) is 14.4 Å². The minimum atomic E-state index is -0.833. The predicted molar refractivity (Wildman–Crippen MR) is 204 cm³/mol. The summed E-state index contributed by atoms with van der Waals surface area (Å²) in [5.41, 5.74) is 2.17. The van der Waals surface area contributed by atoms with Crippen LogP contribution in [0.1, 0.15) is 68.6 Å². The number of ether oxygens (including phenoxy) is 3. The van der Waals surface area contributed by atoms with Crippen LogP contribution in [-0.4, -0.2) is 105 Å². The summed E-state index contributed by atoms with van der Waals surface area (Å²) < 4.78 is 37.8. The van der Waals surface area contributed by atoms with E-state index in [0.717, 1.165) is 12.4 Å². The number of oxazole rings is 1. The lowest BCUT2D eigenvalue weighted by atomic mass is 10.1. The number of amides is 4. The Morgan fingerprint density at radius 3 is 2.57 bits per heavy atom. The Hall–Kier alpha value is -6.82. The van der Waals surface area contributed by atoms with Gasteiger partial charge in [0.15, 0.2) is 12.1 Å². The summed E-state index contributed by atoms with van der Waals surface area (Å²) >= 11 is 0. The number of carboxylic acids is 1. The summed E-state index contributed by atoms with van der Waals surface area (Å²) in [4.78, 5) is 78.1. The molecule has 18 heteroatoms. The number of aryl methyl sites for hydroxylation is 1. The first-order valence-corrected chi connectivity index (χ1v) is 18.3. The van der Waals surface area contributed by atoms with Crippen molar-refractivity contribution in [2.75, 3.05) is 33.3 Å². The number of benzene rings is 3. The maximum atomic E-state index is 15.0. The minimum Gasteiger partial charge on any atom is -0.497 e. The van der Waals surface area contributed by atoms with E-state index in [2.05, 4.69) is 25.6 Å². The fourth-order valence-electron chi connectivity index (χ4n) is 6.57. The van der Waals surface area contributed by atoms with Crippen LogP contribution in [0.5, 0.6) is 17.2 Å². The molecule has 4 N–H and O–H groups in total. The molecule has 2 aliphatic heterocycles. The van der Waals surface area contributed by atoms with E-state index in [1.807, 2.05) is 6.92 Å². The van der Waals surface area contributed by atoms with Crippen LogP contribution >= 0.6 is 0 Å². The third kappa shape index (κ3) is 9.94. The van der Waals surface area contributed by atoms with Gasteiger partial charge < -0.3 is 49.2 Å². The summed E-state index contributed by atoms with van der Waals surface area (Å²) in [5, 5.41) is 13.2. The Balaban J connectivity index is 0.00000135. The number of carbonyl (C=O) groups is 5. The molecular weight excluding hydrogens is 757 g/mol. The third-order valence-electron chi connectivity index (χ3n) is 9.16. The molecule has 7 rings (SSSR count). The average Bonchev–Trinajstić information content (AvgIpc) is 3.92. The van der Waals surface area contributed by atoms with E-state index in [1.54, 1.807) is 38.3 Å². The number of H-pyrrole nitrogens is 1. The number of aliphatic carboxylic acids is 1. The normalized spacial score (nSPS) is 16.8. The average molecular weight is 800 g/mol. The van der Waals surface area contributed by atoms with Gasteiger partial charge in [-0.05, 0) is 61.4 Å². The number of rotatable bonds is 7. The third-order valence-corrected chi connectivity index (χ3v) is 9.16. The molecule has 2 atom stereocenters. The highest BCUT2D eigenvalue weighted by atomic mass is 19.1. The van der Waals surface area contributed by atoms with Gasteiger partial charge in [-0.2, -0.15) is 0 Å². The highest BCUT2D eigenvalue weighted by molar-refractivity contribution is 6.01. The molecule has 4 bridgehead atoms. The fraction of sp³-hybridized carbons (Fsp3) is 0.325. The van der Waals surface area contributed by atoms with Crippen LogP contribution < -0.4 is 20.1 Å². The summed E-state index contributed by atoms with van der Waals surface area (Å²) in [6.07, 6.45) is 1.05. The lowest BCUT2D eigenvalue weighted by Gasteiger charge is -2.25. The number of hydrogen-bond donors (Lipinski definition) is 4. The van der Waals surface area contributed by atoms with Crippen LogP contribution in [0.4, 0.5) is 4.39 Å². The first-order valence-electron chi connectivity index (χ1n) is 18.3. The van der Waals surface area contributed by atoms with Crippen LogP contribution in [-0.2, 0) is 27.5 Å². The van der Waals surface area contributed by atoms with Crippen molar-refractivity contribution >= 4 is 40.6 Å². The smallest absolute Gasteiger partial charge is 0.300 e.